The molecule has 2 saturated heterocycles. The molecule has 2 heterocycles. The molecule has 1 N–H and O–H groups in total. The first-order valence-corrected chi connectivity index (χ1v) is 12.0. The van der Waals surface area contributed by atoms with Gasteiger partial charge in [0.15, 0.2) is 15.8 Å². The Labute approximate surface area is 158 Å². The van der Waals surface area contributed by atoms with E-state index in [4.69, 9.17) is 9.73 Å². The predicted molar refractivity (Wildman–Crippen MR) is 105 cm³/mol. The van der Waals surface area contributed by atoms with Gasteiger partial charge in [-0.2, -0.15) is 0 Å². The maximum absolute atomic E-state index is 12.8. The van der Waals surface area contributed by atoms with Gasteiger partial charge in [0.25, 0.3) is 0 Å². The Hall–Kier alpha value is -0.820. The van der Waals surface area contributed by atoms with Crippen LogP contribution in [0.3, 0.4) is 0 Å². The van der Waals surface area contributed by atoms with Crippen LogP contribution in [0.15, 0.2) is 4.99 Å². The largest absolute Gasteiger partial charge is 0.381 e. The highest BCUT2D eigenvalue weighted by Crippen LogP contribution is 2.38. The molecule has 7 heteroatoms. The van der Waals surface area contributed by atoms with Crippen molar-refractivity contribution in [1.82, 2.24) is 10.2 Å². The normalized spacial score (nSPS) is 26.8. The van der Waals surface area contributed by atoms with Crippen LogP contribution in [0.5, 0.6) is 0 Å². The van der Waals surface area contributed by atoms with E-state index in [-0.39, 0.29) is 5.75 Å². The molecule has 0 atom stereocenters. The van der Waals surface area contributed by atoms with Crippen molar-refractivity contribution in [2.24, 2.45) is 10.9 Å². The van der Waals surface area contributed by atoms with E-state index in [1.54, 1.807) is 0 Å². The fourth-order valence-electron chi connectivity index (χ4n) is 4.63. The molecule has 3 rings (SSSR count). The lowest BCUT2D eigenvalue weighted by molar-refractivity contribution is 0.0646. The number of ether oxygens (including phenoxy) is 1. The van der Waals surface area contributed by atoms with Gasteiger partial charge in [-0.15, -0.1) is 0 Å². The molecular formula is C19H35N3O3S. The van der Waals surface area contributed by atoms with Crippen LogP contribution in [0.25, 0.3) is 0 Å². The second-order valence-electron chi connectivity index (χ2n) is 8.06. The smallest absolute Gasteiger partial charge is 0.193 e. The maximum atomic E-state index is 12.8. The molecule has 0 unspecified atom stereocenters. The number of rotatable bonds is 4. The number of nitrogens with one attached hydrogen (secondary N) is 1. The van der Waals surface area contributed by atoms with Gasteiger partial charge in [0.1, 0.15) is 0 Å². The summed E-state index contributed by atoms with van der Waals surface area (Å²) in [6.45, 7) is 6.62. The van der Waals surface area contributed by atoms with E-state index >= 15 is 0 Å². The first-order valence-electron chi connectivity index (χ1n) is 10.4. The highest BCUT2D eigenvalue weighted by molar-refractivity contribution is 7.92. The van der Waals surface area contributed by atoms with Crippen LogP contribution in [0, 0.1) is 5.92 Å². The van der Waals surface area contributed by atoms with E-state index in [0.29, 0.717) is 19.0 Å². The highest BCUT2D eigenvalue weighted by Gasteiger charge is 2.48. The topological polar surface area (TPSA) is 71.0 Å². The zero-order chi connectivity index (χ0) is 18.5. The van der Waals surface area contributed by atoms with E-state index in [9.17, 15) is 8.42 Å². The van der Waals surface area contributed by atoms with Gasteiger partial charge in [0, 0.05) is 39.4 Å². The molecule has 0 aromatic rings. The zero-order valence-electron chi connectivity index (χ0n) is 16.2. The molecule has 6 nitrogen and oxygen atoms in total. The van der Waals surface area contributed by atoms with Gasteiger partial charge in [-0.05, 0) is 44.9 Å². The summed E-state index contributed by atoms with van der Waals surface area (Å²) in [5, 5.41) is 3.40. The quantitative estimate of drug-likeness (QED) is 0.593. The number of sulfone groups is 1. The second kappa shape index (κ2) is 8.91. The molecule has 1 saturated carbocycles. The van der Waals surface area contributed by atoms with Crippen LogP contribution in [0.2, 0.25) is 0 Å². The van der Waals surface area contributed by atoms with E-state index in [0.717, 1.165) is 83.6 Å². The summed E-state index contributed by atoms with van der Waals surface area (Å²) in [5.41, 5.74) is 0. The Morgan fingerprint density at radius 2 is 1.96 bits per heavy atom. The van der Waals surface area contributed by atoms with Gasteiger partial charge < -0.3 is 15.0 Å². The first kappa shape index (κ1) is 19.9. The molecule has 1 spiro atoms. The highest BCUT2D eigenvalue weighted by atomic mass is 32.2. The molecule has 0 aromatic carbocycles. The van der Waals surface area contributed by atoms with Crippen molar-refractivity contribution in [3.8, 4) is 0 Å². The molecule has 0 amide bonds. The molecular weight excluding hydrogens is 350 g/mol. The lowest BCUT2D eigenvalue weighted by Gasteiger charge is -2.45. The molecule has 3 fully saturated rings. The molecule has 3 aliphatic rings. The molecule has 0 aromatic heterocycles. The summed E-state index contributed by atoms with van der Waals surface area (Å²) in [6, 6.07) is 0. The Kier molecular flexibility index (Phi) is 6.83. The number of guanidine groups is 1. The molecule has 150 valence electrons. The van der Waals surface area contributed by atoms with Crippen molar-refractivity contribution in [3.05, 3.63) is 0 Å². The first-order chi connectivity index (χ1) is 12.6. The van der Waals surface area contributed by atoms with E-state index < -0.39 is 14.6 Å². The minimum atomic E-state index is -3.00. The second-order valence-corrected chi connectivity index (χ2v) is 10.6. The Bertz CT molecular complexity index is 579. The van der Waals surface area contributed by atoms with Crippen molar-refractivity contribution in [3.63, 3.8) is 0 Å². The van der Waals surface area contributed by atoms with Crippen LogP contribution in [-0.4, -0.2) is 69.2 Å². The number of hydrogen-bond donors (Lipinski definition) is 1. The lowest BCUT2D eigenvalue weighted by Crippen LogP contribution is -2.60. The Balaban J connectivity index is 1.65. The zero-order valence-corrected chi connectivity index (χ0v) is 17.0. The van der Waals surface area contributed by atoms with Crippen molar-refractivity contribution in [2.45, 2.75) is 63.0 Å². The molecule has 2 aliphatic heterocycles. The standard InChI is InChI=1S/C19H35N3O3S/c1-2-20-18(21-11-6-17-7-13-25-14-8-17)22-12-15-26(23,24)19(16-22)9-4-3-5-10-19/h17H,2-16H2,1H3,(H,20,21). The van der Waals surface area contributed by atoms with Crippen LogP contribution in [0.1, 0.15) is 58.3 Å². The fraction of sp³-hybridized carbons (Fsp3) is 0.947. The van der Waals surface area contributed by atoms with Gasteiger partial charge in [-0.1, -0.05) is 19.3 Å². The minimum absolute atomic E-state index is 0.261. The van der Waals surface area contributed by atoms with Crippen molar-refractivity contribution in [2.75, 3.05) is 45.1 Å². The number of hydrogen-bond acceptors (Lipinski definition) is 4. The van der Waals surface area contributed by atoms with Crippen molar-refractivity contribution >= 4 is 15.8 Å². The third-order valence-corrected chi connectivity index (χ3v) is 8.88. The monoisotopic (exact) mass is 385 g/mol. The number of nitrogens with zero attached hydrogens (tertiary/aromatic N) is 2. The molecule has 26 heavy (non-hydrogen) atoms. The summed E-state index contributed by atoms with van der Waals surface area (Å²) in [5.74, 6) is 1.87. The van der Waals surface area contributed by atoms with Gasteiger partial charge in [0.2, 0.25) is 0 Å². The third-order valence-electron chi connectivity index (χ3n) is 6.31. The van der Waals surface area contributed by atoms with Crippen LogP contribution in [0.4, 0.5) is 0 Å². The van der Waals surface area contributed by atoms with Crippen LogP contribution < -0.4 is 5.32 Å². The van der Waals surface area contributed by atoms with E-state index in [1.807, 2.05) is 0 Å². The summed E-state index contributed by atoms with van der Waals surface area (Å²) < 4.78 is 30.5. The average molecular weight is 386 g/mol. The Morgan fingerprint density at radius 1 is 1.23 bits per heavy atom. The van der Waals surface area contributed by atoms with Gasteiger partial charge in [0.05, 0.1) is 10.5 Å². The predicted octanol–water partition coefficient (Wildman–Crippen LogP) is 2.20. The van der Waals surface area contributed by atoms with Gasteiger partial charge >= 0.3 is 0 Å². The van der Waals surface area contributed by atoms with E-state index in [2.05, 4.69) is 17.1 Å². The van der Waals surface area contributed by atoms with Crippen molar-refractivity contribution in [1.29, 1.82) is 0 Å². The lowest BCUT2D eigenvalue weighted by atomic mass is 9.87. The third kappa shape index (κ3) is 4.53. The van der Waals surface area contributed by atoms with Crippen LogP contribution in [-0.2, 0) is 14.6 Å². The van der Waals surface area contributed by atoms with Gasteiger partial charge in [-0.25, -0.2) is 8.42 Å². The average Bonchev–Trinajstić information content (AvgIpc) is 2.65. The minimum Gasteiger partial charge on any atom is -0.381 e. The van der Waals surface area contributed by atoms with Crippen LogP contribution >= 0.6 is 0 Å². The maximum Gasteiger partial charge on any atom is 0.193 e. The van der Waals surface area contributed by atoms with Gasteiger partial charge in [-0.3, -0.25) is 4.99 Å². The van der Waals surface area contributed by atoms with E-state index in [1.165, 1.54) is 0 Å². The summed E-state index contributed by atoms with van der Waals surface area (Å²) >= 11 is 0. The number of aliphatic imine (C=N–C) groups is 1. The molecule has 0 radical (unpaired) electrons. The summed E-state index contributed by atoms with van der Waals surface area (Å²) in [6.07, 6.45) is 8.22. The fourth-order valence-corrected chi connectivity index (χ4v) is 6.79. The summed E-state index contributed by atoms with van der Waals surface area (Å²) in [4.78, 5) is 7.06. The summed E-state index contributed by atoms with van der Waals surface area (Å²) in [7, 11) is -3.00. The molecule has 0 bridgehead atoms. The van der Waals surface area contributed by atoms with Crippen molar-refractivity contribution < 1.29 is 13.2 Å². The molecule has 1 aliphatic carbocycles. The Morgan fingerprint density at radius 3 is 2.65 bits per heavy atom. The SMILES string of the molecule is CCNC(=NCCC1CCOCC1)N1CCS(=O)(=O)C2(CCCCC2)C1.